The number of carbonyl (C=O) groups excluding carboxylic acids is 1. The van der Waals surface area contributed by atoms with Gasteiger partial charge in [-0.15, -0.1) is 0 Å². The van der Waals surface area contributed by atoms with E-state index in [0.29, 0.717) is 28.8 Å². The molecule has 0 aliphatic carbocycles. The van der Waals surface area contributed by atoms with E-state index < -0.39 is 11.1 Å². The van der Waals surface area contributed by atoms with Gasteiger partial charge in [-0.3, -0.25) is 14.4 Å². The number of aromatic nitrogens is 2. The van der Waals surface area contributed by atoms with Crippen molar-refractivity contribution in [1.82, 2.24) is 9.55 Å². The Bertz CT molecular complexity index is 1060. The number of H-pyrrole nitrogens is 1. The summed E-state index contributed by atoms with van der Waals surface area (Å²) in [7, 11) is 0. The normalized spacial score (nSPS) is 10.8. The second-order valence-corrected chi connectivity index (χ2v) is 6.14. The van der Waals surface area contributed by atoms with Crippen molar-refractivity contribution in [2.45, 2.75) is 33.2 Å². The fourth-order valence-electron chi connectivity index (χ4n) is 2.98. The molecule has 2 N–H and O–H groups in total. The maximum absolute atomic E-state index is 12.5. The van der Waals surface area contributed by atoms with Crippen molar-refractivity contribution >= 4 is 22.6 Å². The lowest BCUT2D eigenvalue weighted by Crippen LogP contribution is -2.36. The molecule has 1 aromatic heterocycles. The van der Waals surface area contributed by atoms with Crippen molar-refractivity contribution in [3.8, 4) is 0 Å². The first-order valence-electron chi connectivity index (χ1n) is 8.70. The van der Waals surface area contributed by atoms with Crippen LogP contribution in [0.5, 0.6) is 0 Å². The van der Waals surface area contributed by atoms with E-state index in [9.17, 15) is 14.4 Å². The van der Waals surface area contributed by atoms with Crippen LogP contribution < -0.4 is 16.4 Å². The van der Waals surface area contributed by atoms with Gasteiger partial charge in [0.15, 0.2) is 0 Å². The second-order valence-electron chi connectivity index (χ2n) is 6.14. The summed E-state index contributed by atoms with van der Waals surface area (Å²) in [6.07, 6.45) is 2.08. The molecule has 3 rings (SSSR count). The second kappa shape index (κ2) is 7.39. The summed E-state index contributed by atoms with van der Waals surface area (Å²) >= 11 is 0. The number of rotatable bonds is 5. The van der Waals surface area contributed by atoms with Gasteiger partial charge in [-0.1, -0.05) is 25.5 Å². The van der Waals surface area contributed by atoms with E-state index in [2.05, 4.69) is 17.2 Å². The van der Waals surface area contributed by atoms with Crippen molar-refractivity contribution < 1.29 is 4.79 Å². The summed E-state index contributed by atoms with van der Waals surface area (Å²) in [5.74, 6) is -0.273. The third kappa shape index (κ3) is 3.44. The van der Waals surface area contributed by atoms with Gasteiger partial charge in [0.1, 0.15) is 0 Å². The van der Waals surface area contributed by atoms with Gasteiger partial charge >= 0.3 is 11.1 Å². The number of fused-ring (bicyclic) bond motifs is 1. The SMILES string of the molecule is CCCc1ccc(NC(=O)c2ccc3c(c2)[nH]c(=O)c(=O)n3CC)cc1. The molecule has 6 nitrogen and oxygen atoms in total. The van der Waals surface area contributed by atoms with Crippen LogP contribution in [0.1, 0.15) is 36.2 Å². The highest BCUT2D eigenvalue weighted by molar-refractivity contribution is 6.05. The average Bonchev–Trinajstić information content (AvgIpc) is 2.64. The Balaban J connectivity index is 1.90. The van der Waals surface area contributed by atoms with Crippen LogP contribution in [0.25, 0.3) is 11.0 Å². The molecule has 6 heteroatoms. The van der Waals surface area contributed by atoms with Crippen LogP contribution >= 0.6 is 0 Å². The molecule has 134 valence electrons. The predicted molar refractivity (Wildman–Crippen MR) is 103 cm³/mol. The number of amides is 1. The number of carbonyl (C=O) groups is 1. The van der Waals surface area contributed by atoms with Crippen LogP contribution in [-0.4, -0.2) is 15.5 Å². The number of hydrogen-bond acceptors (Lipinski definition) is 3. The van der Waals surface area contributed by atoms with Crippen molar-refractivity contribution in [2.24, 2.45) is 0 Å². The molecule has 1 heterocycles. The molecule has 2 aromatic carbocycles. The zero-order chi connectivity index (χ0) is 18.7. The summed E-state index contributed by atoms with van der Waals surface area (Å²) < 4.78 is 1.39. The lowest BCUT2D eigenvalue weighted by Gasteiger charge is -2.10. The first-order chi connectivity index (χ1) is 12.5. The molecule has 0 spiro atoms. The zero-order valence-electron chi connectivity index (χ0n) is 14.8. The van der Waals surface area contributed by atoms with E-state index in [1.165, 1.54) is 10.1 Å². The number of nitrogens with one attached hydrogen (secondary N) is 2. The van der Waals surface area contributed by atoms with Gasteiger partial charge in [-0.2, -0.15) is 0 Å². The fraction of sp³-hybridized carbons (Fsp3) is 0.250. The van der Waals surface area contributed by atoms with Crippen LogP contribution in [0.4, 0.5) is 5.69 Å². The summed E-state index contributed by atoms with van der Waals surface area (Å²) in [5.41, 5.74) is 2.12. The van der Waals surface area contributed by atoms with Gasteiger partial charge in [-0.05, 0) is 49.2 Å². The number of anilines is 1. The zero-order valence-corrected chi connectivity index (χ0v) is 14.8. The summed E-state index contributed by atoms with van der Waals surface area (Å²) in [6.45, 7) is 4.30. The van der Waals surface area contributed by atoms with Crippen molar-refractivity contribution in [3.05, 3.63) is 74.3 Å². The van der Waals surface area contributed by atoms with Crippen LogP contribution in [0, 0.1) is 0 Å². The molecule has 0 saturated carbocycles. The molecule has 0 aliphatic heterocycles. The van der Waals surface area contributed by atoms with Gasteiger partial charge in [0.05, 0.1) is 11.0 Å². The molecule has 0 unspecified atom stereocenters. The third-order valence-electron chi connectivity index (χ3n) is 4.30. The lowest BCUT2D eigenvalue weighted by atomic mass is 10.1. The van der Waals surface area contributed by atoms with Gasteiger partial charge in [0, 0.05) is 17.8 Å². The molecule has 0 atom stereocenters. The number of aromatic amines is 1. The highest BCUT2D eigenvalue weighted by Gasteiger charge is 2.11. The van der Waals surface area contributed by atoms with Crippen LogP contribution in [0.3, 0.4) is 0 Å². The Kier molecular flexibility index (Phi) is 5.02. The summed E-state index contributed by atoms with van der Waals surface area (Å²) in [6, 6.07) is 12.7. The smallest absolute Gasteiger partial charge is 0.316 e. The van der Waals surface area contributed by atoms with E-state index in [0.717, 1.165) is 12.8 Å². The van der Waals surface area contributed by atoms with Gasteiger partial charge < -0.3 is 14.9 Å². The quantitative estimate of drug-likeness (QED) is 0.693. The van der Waals surface area contributed by atoms with Crippen LogP contribution in [0.2, 0.25) is 0 Å². The Labute approximate surface area is 150 Å². The van der Waals surface area contributed by atoms with Crippen molar-refractivity contribution in [1.29, 1.82) is 0 Å². The molecular weight excluding hydrogens is 330 g/mol. The van der Waals surface area contributed by atoms with Crippen LogP contribution in [-0.2, 0) is 13.0 Å². The third-order valence-corrected chi connectivity index (χ3v) is 4.30. The molecule has 1 amide bonds. The van der Waals surface area contributed by atoms with E-state index in [4.69, 9.17) is 0 Å². The molecule has 0 aliphatic rings. The summed E-state index contributed by atoms with van der Waals surface area (Å²) in [5, 5.41) is 2.85. The minimum Gasteiger partial charge on any atom is -0.322 e. The first-order valence-corrected chi connectivity index (χ1v) is 8.70. The Morgan fingerprint density at radius 2 is 1.81 bits per heavy atom. The average molecular weight is 351 g/mol. The number of benzene rings is 2. The molecular formula is C20H21N3O3. The van der Waals surface area contributed by atoms with Crippen molar-refractivity contribution in [2.75, 3.05) is 5.32 Å². The minimum absolute atomic E-state index is 0.273. The first kappa shape index (κ1) is 17.7. The van der Waals surface area contributed by atoms with E-state index in [1.54, 1.807) is 25.1 Å². The maximum atomic E-state index is 12.5. The predicted octanol–water partition coefficient (Wildman–Crippen LogP) is 2.91. The van der Waals surface area contributed by atoms with Crippen molar-refractivity contribution in [3.63, 3.8) is 0 Å². The maximum Gasteiger partial charge on any atom is 0.316 e. The lowest BCUT2D eigenvalue weighted by molar-refractivity contribution is 0.102. The molecule has 26 heavy (non-hydrogen) atoms. The summed E-state index contributed by atoms with van der Waals surface area (Å²) in [4.78, 5) is 38.7. The highest BCUT2D eigenvalue weighted by Crippen LogP contribution is 2.15. The van der Waals surface area contributed by atoms with E-state index >= 15 is 0 Å². The monoisotopic (exact) mass is 351 g/mol. The van der Waals surface area contributed by atoms with E-state index in [-0.39, 0.29) is 5.91 Å². The molecule has 0 fully saturated rings. The Morgan fingerprint density at radius 3 is 2.46 bits per heavy atom. The fourth-order valence-corrected chi connectivity index (χ4v) is 2.98. The number of nitrogens with zero attached hydrogens (tertiary/aromatic N) is 1. The van der Waals surface area contributed by atoms with Gasteiger partial charge in [-0.25, -0.2) is 0 Å². The Hall–Kier alpha value is -3.15. The topological polar surface area (TPSA) is 84.0 Å². The van der Waals surface area contributed by atoms with Gasteiger partial charge in [0.25, 0.3) is 5.91 Å². The standard InChI is InChI=1S/C20H21N3O3/c1-3-5-13-6-9-15(10-7-13)21-18(24)14-8-11-17-16(12-14)22-19(25)20(26)23(17)4-2/h6-12H,3-5H2,1-2H3,(H,21,24)(H,22,25). The number of aryl methyl sites for hydroxylation is 2. The number of hydrogen-bond donors (Lipinski definition) is 2. The van der Waals surface area contributed by atoms with E-state index in [1.807, 2.05) is 24.3 Å². The highest BCUT2D eigenvalue weighted by atomic mass is 16.2. The molecule has 0 saturated heterocycles. The largest absolute Gasteiger partial charge is 0.322 e. The Morgan fingerprint density at radius 1 is 1.08 bits per heavy atom. The molecule has 3 aromatic rings. The minimum atomic E-state index is -0.691. The van der Waals surface area contributed by atoms with Gasteiger partial charge in [0.2, 0.25) is 0 Å². The molecule has 0 radical (unpaired) electrons. The molecule has 0 bridgehead atoms. The van der Waals surface area contributed by atoms with Crippen LogP contribution in [0.15, 0.2) is 52.1 Å².